The van der Waals surface area contributed by atoms with Gasteiger partial charge in [-0.3, -0.25) is 4.79 Å². The molecule has 0 aliphatic carbocycles. The number of H-pyrrole nitrogens is 2. The minimum Gasteiger partial charge on any atom is -0.352 e. The number of likely N-dealkylation sites (tertiary alicyclic amines) is 1. The molecule has 4 aromatic rings. The van der Waals surface area contributed by atoms with Crippen molar-refractivity contribution < 1.29 is 9.18 Å². The van der Waals surface area contributed by atoms with Gasteiger partial charge in [0, 0.05) is 24.0 Å². The summed E-state index contributed by atoms with van der Waals surface area (Å²) >= 11 is 0. The van der Waals surface area contributed by atoms with Crippen molar-refractivity contribution in [3.8, 4) is 11.5 Å². The van der Waals surface area contributed by atoms with Crippen LogP contribution in [0.5, 0.6) is 0 Å². The van der Waals surface area contributed by atoms with Crippen molar-refractivity contribution in [1.82, 2.24) is 25.1 Å². The first kappa shape index (κ1) is 18.5. The molecule has 1 aliphatic rings. The summed E-state index contributed by atoms with van der Waals surface area (Å²) in [6.45, 7) is 1.44. The number of piperidine rings is 1. The zero-order valence-corrected chi connectivity index (χ0v) is 16.4. The molecule has 2 N–H and O–H groups in total. The van der Waals surface area contributed by atoms with E-state index in [1.54, 1.807) is 12.1 Å². The summed E-state index contributed by atoms with van der Waals surface area (Å²) in [5, 5.41) is 8.91. The van der Waals surface area contributed by atoms with Crippen LogP contribution in [0.3, 0.4) is 0 Å². The summed E-state index contributed by atoms with van der Waals surface area (Å²) in [6, 6.07) is 16.8. The lowest BCUT2D eigenvalue weighted by atomic mass is 9.90. The van der Waals surface area contributed by atoms with Gasteiger partial charge in [0.1, 0.15) is 5.82 Å². The fourth-order valence-electron chi connectivity index (χ4n) is 4.15. The van der Waals surface area contributed by atoms with E-state index < -0.39 is 0 Å². The van der Waals surface area contributed by atoms with Crippen LogP contribution in [0.4, 0.5) is 4.39 Å². The Kier molecular flexibility index (Phi) is 4.78. The van der Waals surface area contributed by atoms with Crippen molar-refractivity contribution in [2.45, 2.75) is 19.3 Å². The van der Waals surface area contributed by atoms with E-state index in [0.29, 0.717) is 17.4 Å². The number of fused-ring (bicyclic) bond motifs is 1. The van der Waals surface area contributed by atoms with Crippen molar-refractivity contribution in [2.24, 2.45) is 5.92 Å². The van der Waals surface area contributed by atoms with Crippen LogP contribution in [0.1, 0.15) is 29.0 Å². The third-order valence-corrected chi connectivity index (χ3v) is 5.80. The number of benzene rings is 2. The summed E-state index contributed by atoms with van der Waals surface area (Å²) in [6.07, 6.45) is 3.01. The fourth-order valence-corrected chi connectivity index (χ4v) is 4.15. The van der Waals surface area contributed by atoms with Crippen LogP contribution in [0.15, 0.2) is 54.6 Å². The molecular weight excluding hydrogens is 381 g/mol. The highest BCUT2D eigenvalue weighted by Gasteiger charge is 2.26. The fraction of sp³-hybridized carbons (Fsp3) is 0.261. The van der Waals surface area contributed by atoms with Crippen LogP contribution in [-0.4, -0.2) is 44.1 Å². The van der Waals surface area contributed by atoms with Gasteiger partial charge in [0.25, 0.3) is 5.91 Å². The number of amides is 1. The molecule has 0 radical (unpaired) electrons. The lowest BCUT2D eigenvalue weighted by Gasteiger charge is -2.31. The summed E-state index contributed by atoms with van der Waals surface area (Å²) in [7, 11) is 0. The Labute approximate surface area is 173 Å². The van der Waals surface area contributed by atoms with E-state index in [1.165, 1.54) is 17.7 Å². The molecule has 0 spiro atoms. The third-order valence-electron chi connectivity index (χ3n) is 5.80. The van der Waals surface area contributed by atoms with E-state index in [2.05, 4.69) is 44.4 Å². The summed E-state index contributed by atoms with van der Waals surface area (Å²) in [5.74, 6) is 0.866. The van der Waals surface area contributed by atoms with Gasteiger partial charge in [0.05, 0.1) is 5.69 Å². The van der Waals surface area contributed by atoms with Crippen LogP contribution >= 0.6 is 0 Å². The Balaban J connectivity index is 1.24. The predicted molar refractivity (Wildman–Crippen MR) is 112 cm³/mol. The van der Waals surface area contributed by atoms with Crippen LogP contribution < -0.4 is 0 Å². The molecular formula is C23H22FN5O. The van der Waals surface area contributed by atoms with Gasteiger partial charge in [0.15, 0.2) is 5.82 Å². The highest BCUT2D eigenvalue weighted by Crippen LogP contribution is 2.24. The molecule has 1 aliphatic heterocycles. The Morgan fingerprint density at radius 2 is 1.83 bits per heavy atom. The van der Waals surface area contributed by atoms with Crippen molar-refractivity contribution in [3.05, 3.63) is 71.8 Å². The topological polar surface area (TPSA) is 77.7 Å². The Morgan fingerprint density at radius 3 is 2.63 bits per heavy atom. The number of hydrogen-bond donors (Lipinski definition) is 2. The molecule has 6 nitrogen and oxygen atoms in total. The van der Waals surface area contributed by atoms with Gasteiger partial charge < -0.3 is 14.9 Å². The lowest BCUT2D eigenvalue weighted by molar-refractivity contribution is 0.0678. The van der Waals surface area contributed by atoms with E-state index in [4.69, 9.17) is 0 Å². The van der Waals surface area contributed by atoms with E-state index >= 15 is 0 Å². The summed E-state index contributed by atoms with van der Waals surface area (Å²) in [5.41, 5.74) is 2.82. The molecule has 0 saturated carbocycles. The van der Waals surface area contributed by atoms with Crippen molar-refractivity contribution in [1.29, 1.82) is 0 Å². The Morgan fingerprint density at radius 1 is 1.03 bits per heavy atom. The van der Waals surface area contributed by atoms with Gasteiger partial charge in [-0.2, -0.15) is 0 Å². The standard InChI is InChI=1S/C23H22FN5O/c24-18-6-7-19-17(13-18)14-20(25-19)21-26-22(28-27-21)23(30)29-10-8-16(9-11-29)12-15-4-2-1-3-5-15/h1-7,13-14,16,25H,8-12H2,(H,26,27,28). The van der Waals surface area contributed by atoms with E-state index in [9.17, 15) is 9.18 Å². The number of rotatable bonds is 4. The monoisotopic (exact) mass is 403 g/mol. The van der Waals surface area contributed by atoms with Gasteiger partial charge in [-0.05, 0) is 55.0 Å². The number of aromatic amines is 2. The summed E-state index contributed by atoms with van der Waals surface area (Å²) in [4.78, 5) is 20.9. The zero-order valence-electron chi connectivity index (χ0n) is 16.4. The number of halogens is 1. The summed E-state index contributed by atoms with van der Waals surface area (Å²) < 4.78 is 13.4. The average molecular weight is 403 g/mol. The highest BCUT2D eigenvalue weighted by molar-refractivity contribution is 5.91. The molecule has 3 heterocycles. The number of aromatic nitrogens is 4. The van der Waals surface area contributed by atoms with E-state index in [1.807, 2.05) is 11.0 Å². The first-order chi connectivity index (χ1) is 14.7. The quantitative estimate of drug-likeness (QED) is 0.536. The number of nitrogens with zero attached hydrogens (tertiary/aromatic N) is 3. The van der Waals surface area contributed by atoms with Gasteiger partial charge in [-0.1, -0.05) is 30.3 Å². The Bertz CT molecular complexity index is 1170. The Hall–Kier alpha value is -3.48. The van der Waals surface area contributed by atoms with Gasteiger partial charge in [0.2, 0.25) is 5.82 Å². The van der Waals surface area contributed by atoms with Crippen molar-refractivity contribution in [2.75, 3.05) is 13.1 Å². The number of hydrogen-bond acceptors (Lipinski definition) is 3. The van der Waals surface area contributed by atoms with E-state index in [-0.39, 0.29) is 17.5 Å². The molecule has 2 aromatic heterocycles. The number of carbonyl (C=O) groups is 1. The molecule has 1 saturated heterocycles. The molecule has 0 unspecified atom stereocenters. The molecule has 0 atom stereocenters. The second kappa shape index (κ2) is 7.74. The third kappa shape index (κ3) is 3.70. The minimum absolute atomic E-state index is 0.130. The van der Waals surface area contributed by atoms with Crippen molar-refractivity contribution >= 4 is 16.8 Å². The van der Waals surface area contributed by atoms with Crippen LogP contribution in [0, 0.1) is 11.7 Å². The van der Waals surface area contributed by atoms with Gasteiger partial charge >= 0.3 is 0 Å². The van der Waals surface area contributed by atoms with Crippen molar-refractivity contribution in [3.63, 3.8) is 0 Å². The second-order valence-electron chi connectivity index (χ2n) is 7.86. The molecule has 1 fully saturated rings. The molecule has 1 amide bonds. The molecule has 7 heteroatoms. The molecule has 0 bridgehead atoms. The molecule has 152 valence electrons. The lowest BCUT2D eigenvalue weighted by Crippen LogP contribution is -2.39. The molecule has 30 heavy (non-hydrogen) atoms. The van der Waals surface area contributed by atoms with Crippen LogP contribution in [0.25, 0.3) is 22.4 Å². The number of nitrogens with one attached hydrogen (secondary N) is 2. The minimum atomic E-state index is -0.294. The number of carbonyl (C=O) groups excluding carboxylic acids is 1. The largest absolute Gasteiger partial charge is 0.352 e. The van der Waals surface area contributed by atoms with Crippen LogP contribution in [-0.2, 0) is 6.42 Å². The average Bonchev–Trinajstić information content (AvgIpc) is 3.41. The maximum atomic E-state index is 13.4. The van der Waals surface area contributed by atoms with Crippen LogP contribution in [0.2, 0.25) is 0 Å². The van der Waals surface area contributed by atoms with Gasteiger partial charge in [-0.25, -0.2) is 4.39 Å². The first-order valence-electron chi connectivity index (χ1n) is 10.2. The highest BCUT2D eigenvalue weighted by atomic mass is 19.1. The maximum Gasteiger partial charge on any atom is 0.291 e. The molecule has 5 rings (SSSR count). The van der Waals surface area contributed by atoms with E-state index in [0.717, 1.165) is 43.3 Å². The smallest absolute Gasteiger partial charge is 0.291 e. The SMILES string of the molecule is O=C(c1nnc(-c2cc3cc(F)ccc3[nH]2)[nH]1)N1CCC(Cc2ccccc2)CC1. The zero-order chi connectivity index (χ0) is 20.5. The first-order valence-corrected chi connectivity index (χ1v) is 10.2. The normalized spacial score (nSPS) is 15.0. The predicted octanol–water partition coefficient (Wildman–Crippen LogP) is 4.19. The molecule has 2 aromatic carbocycles. The maximum absolute atomic E-state index is 13.4. The second-order valence-corrected chi connectivity index (χ2v) is 7.86. The van der Waals surface area contributed by atoms with Gasteiger partial charge in [-0.15, -0.1) is 10.2 Å².